The molecule has 0 aromatic heterocycles. The molecule has 4 atom stereocenters. The third kappa shape index (κ3) is 1.52. The van der Waals surface area contributed by atoms with Gasteiger partial charge in [0.2, 0.25) is 5.60 Å². The Morgan fingerprint density at radius 2 is 2.19 bits per heavy atom. The summed E-state index contributed by atoms with van der Waals surface area (Å²) in [6.45, 7) is 0. The van der Waals surface area contributed by atoms with Crippen LogP contribution in [0.1, 0.15) is 12.8 Å². The van der Waals surface area contributed by atoms with E-state index < -0.39 is 36.0 Å². The van der Waals surface area contributed by atoms with E-state index in [0.29, 0.717) is 0 Å². The van der Waals surface area contributed by atoms with Crippen molar-refractivity contribution in [1.82, 2.24) is 0 Å². The fourth-order valence-electron chi connectivity index (χ4n) is 2.08. The van der Waals surface area contributed by atoms with E-state index in [2.05, 4.69) is 4.74 Å². The maximum atomic E-state index is 11.5. The number of hydrogen-bond acceptors (Lipinski definition) is 7. The van der Waals surface area contributed by atoms with Crippen molar-refractivity contribution < 1.29 is 34.0 Å². The summed E-state index contributed by atoms with van der Waals surface area (Å²) in [7, 11) is 1.12. The van der Waals surface area contributed by atoms with Crippen LogP contribution in [-0.2, 0) is 19.0 Å². The van der Waals surface area contributed by atoms with Gasteiger partial charge in [0.25, 0.3) is 0 Å². The number of hydrogen-bond donors (Lipinski definition) is 2. The van der Waals surface area contributed by atoms with E-state index in [0.717, 1.165) is 7.11 Å². The fraction of sp³-hybridized carbons (Fsp3) is 0.778. The van der Waals surface area contributed by atoms with Gasteiger partial charge in [0.1, 0.15) is 12.2 Å². The van der Waals surface area contributed by atoms with Crippen molar-refractivity contribution in [2.75, 3.05) is 7.11 Å². The minimum absolute atomic E-state index is 0.0408. The zero-order valence-corrected chi connectivity index (χ0v) is 8.58. The van der Waals surface area contributed by atoms with Gasteiger partial charge in [-0.05, 0) is 0 Å². The van der Waals surface area contributed by atoms with Crippen molar-refractivity contribution in [1.29, 1.82) is 0 Å². The summed E-state index contributed by atoms with van der Waals surface area (Å²) >= 11 is 0. The third-order valence-corrected chi connectivity index (χ3v) is 2.92. The summed E-state index contributed by atoms with van der Waals surface area (Å²) in [6.07, 6.45) is -4.28. The lowest BCUT2D eigenvalue weighted by molar-refractivity contribution is -0.156. The molecule has 2 fully saturated rings. The zero-order valence-electron chi connectivity index (χ0n) is 8.58. The zero-order chi connectivity index (χ0) is 11.9. The minimum atomic E-state index is -1.52. The third-order valence-electron chi connectivity index (χ3n) is 2.92. The summed E-state index contributed by atoms with van der Waals surface area (Å²) in [5, 5.41) is 19.0. The second-order valence-corrected chi connectivity index (χ2v) is 3.96. The second-order valence-electron chi connectivity index (χ2n) is 3.96. The van der Waals surface area contributed by atoms with Gasteiger partial charge in [-0.1, -0.05) is 0 Å². The summed E-state index contributed by atoms with van der Waals surface area (Å²) in [5.74, 6) is -0.751. The van der Waals surface area contributed by atoms with Gasteiger partial charge in [0.05, 0.1) is 13.2 Å². The Balaban J connectivity index is 2.20. The monoisotopic (exact) mass is 232 g/mol. The van der Waals surface area contributed by atoms with E-state index in [4.69, 9.17) is 9.47 Å². The first-order valence-electron chi connectivity index (χ1n) is 4.83. The normalized spacial score (nSPS) is 41.4. The van der Waals surface area contributed by atoms with Crippen LogP contribution in [0.15, 0.2) is 0 Å². The molecule has 0 aromatic rings. The number of aliphatic hydroxyl groups is 2. The number of rotatable bonds is 1. The molecule has 2 aliphatic rings. The van der Waals surface area contributed by atoms with E-state index in [1.165, 1.54) is 0 Å². The van der Waals surface area contributed by atoms with Crippen LogP contribution in [0.3, 0.4) is 0 Å². The van der Waals surface area contributed by atoms with Crippen LogP contribution in [-0.4, -0.2) is 53.4 Å². The van der Waals surface area contributed by atoms with Gasteiger partial charge < -0.3 is 24.4 Å². The van der Waals surface area contributed by atoms with Crippen molar-refractivity contribution in [3.63, 3.8) is 0 Å². The van der Waals surface area contributed by atoms with E-state index in [-0.39, 0.29) is 12.8 Å². The molecule has 2 N–H and O–H groups in total. The molecule has 0 spiro atoms. The molecule has 90 valence electrons. The summed E-state index contributed by atoms with van der Waals surface area (Å²) < 4.78 is 14.0. The molecule has 1 saturated heterocycles. The Kier molecular flexibility index (Phi) is 2.51. The number of esters is 1. The van der Waals surface area contributed by atoms with Crippen molar-refractivity contribution in [2.45, 2.75) is 36.8 Å². The van der Waals surface area contributed by atoms with Crippen LogP contribution in [0, 0.1) is 0 Å². The molecule has 1 heterocycles. The first-order chi connectivity index (χ1) is 7.48. The molecule has 2 bridgehead atoms. The molecule has 0 amide bonds. The fourth-order valence-corrected chi connectivity index (χ4v) is 2.08. The molecule has 7 heteroatoms. The molecule has 2 rings (SSSR count). The molecular formula is C9H12O7. The largest absolute Gasteiger partial charge is 0.509 e. The molecule has 0 radical (unpaired) electrons. The van der Waals surface area contributed by atoms with Gasteiger partial charge in [-0.25, -0.2) is 9.59 Å². The molecule has 7 nitrogen and oxygen atoms in total. The number of methoxy groups -OCH3 is 1. The predicted molar refractivity (Wildman–Crippen MR) is 47.3 cm³/mol. The van der Waals surface area contributed by atoms with Gasteiger partial charge in [-0.15, -0.1) is 0 Å². The number of carbonyl (C=O) groups excluding carboxylic acids is 2. The lowest BCUT2D eigenvalue weighted by atomic mass is 9.82. The Bertz CT molecular complexity index is 328. The maximum absolute atomic E-state index is 11.5. The Morgan fingerprint density at radius 1 is 1.50 bits per heavy atom. The molecule has 1 aliphatic heterocycles. The first-order valence-corrected chi connectivity index (χ1v) is 4.83. The molecule has 0 aromatic carbocycles. The molecule has 1 saturated carbocycles. The Labute approximate surface area is 90.9 Å². The molecule has 1 aliphatic carbocycles. The van der Waals surface area contributed by atoms with Crippen LogP contribution in [0.5, 0.6) is 0 Å². The highest BCUT2D eigenvalue weighted by atomic mass is 16.7. The highest BCUT2D eigenvalue weighted by Crippen LogP contribution is 2.41. The van der Waals surface area contributed by atoms with Crippen molar-refractivity contribution in [2.24, 2.45) is 0 Å². The topological polar surface area (TPSA) is 102 Å². The summed E-state index contributed by atoms with van der Waals surface area (Å²) in [6, 6.07) is 0. The highest BCUT2D eigenvalue weighted by molar-refractivity contribution is 5.84. The maximum Gasteiger partial charge on any atom is 0.509 e. The number of carbonyl (C=O) groups is 2. The highest BCUT2D eigenvalue weighted by Gasteiger charge is 2.61. The lowest BCUT2D eigenvalue weighted by Crippen LogP contribution is -2.50. The van der Waals surface area contributed by atoms with Crippen LogP contribution in [0.2, 0.25) is 0 Å². The SMILES string of the molecule is COC(=O)O[C@@]12C[C@@H](O)[C@@H](O)[C@@H](C1)OC2=O. The van der Waals surface area contributed by atoms with Gasteiger partial charge in [0.15, 0.2) is 0 Å². The van der Waals surface area contributed by atoms with E-state index in [9.17, 15) is 19.8 Å². The molecule has 0 unspecified atom stereocenters. The van der Waals surface area contributed by atoms with Crippen molar-refractivity contribution in [3.05, 3.63) is 0 Å². The Hall–Kier alpha value is -1.34. The van der Waals surface area contributed by atoms with Gasteiger partial charge in [-0.2, -0.15) is 0 Å². The van der Waals surface area contributed by atoms with E-state index >= 15 is 0 Å². The van der Waals surface area contributed by atoms with E-state index in [1.807, 2.05) is 0 Å². The lowest BCUT2D eigenvalue weighted by Gasteiger charge is -2.32. The average Bonchev–Trinajstić information content (AvgIpc) is 2.50. The minimum Gasteiger partial charge on any atom is -0.456 e. The molecular weight excluding hydrogens is 220 g/mol. The standard InChI is InChI=1S/C9H12O7/c1-14-8(13)16-9-2-4(10)6(11)5(3-9)15-7(9)12/h4-6,10-11H,2-3H2,1H3/t4-,5-,6-,9+/m1/s1. The van der Waals surface area contributed by atoms with Crippen LogP contribution in [0.4, 0.5) is 4.79 Å². The predicted octanol–water partition coefficient (Wildman–Crippen LogP) is -1.05. The van der Waals surface area contributed by atoms with Gasteiger partial charge in [0, 0.05) is 12.8 Å². The Morgan fingerprint density at radius 3 is 2.81 bits per heavy atom. The van der Waals surface area contributed by atoms with E-state index in [1.54, 1.807) is 0 Å². The summed E-state index contributed by atoms with van der Waals surface area (Å²) in [5.41, 5.74) is -1.52. The second kappa shape index (κ2) is 3.60. The first kappa shape index (κ1) is 11.2. The summed E-state index contributed by atoms with van der Waals surface area (Å²) in [4.78, 5) is 22.5. The van der Waals surface area contributed by atoms with Gasteiger partial charge >= 0.3 is 12.1 Å². The van der Waals surface area contributed by atoms with Crippen molar-refractivity contribution in [3.8, 4) is 0 Å². The smallest absolute Gasteiger partial charge is 0.456 e. The quantitative estimate of drug-likeness (QED) is 0.556. The van der Waals surface area contributed by atoms with Crippen LogP contribution in [0.25, 0.3) is 0 Å². The van der Waals surface area contributed by atoms with Crippen LogP contribution >= 0.6 is 0 Å². The van der Waals surface area contributed by atoms with Crippen molar-refractivity contribution >= 4 is 12.1 Å². The number of ether oxygens (including phenoxy) is 3. The molecule has 16 heavy (non-hydrogen) atoms. The number of aliphatic hydroxyl groups excluding tert-OH is 2. The van der Waals surface area contributed by atoms with Crippen LogP contribution < -0.4 is 0 Å². The van der Waals surface area contributed by atoms with Gasteiger partial charge in [-0.3, -0.25) is 0 Å². The average molecular weight is 232 g/mol. The number of fused-ring (bicyclic) bond motifs is 2.